The number of hydrogen-bond acceptors (Lipinski definition) is 3. The van der Waals surface area contributed by atoms with Gasteiger partial charge in [-0.2, -0.15) is 0 Å². The van der Waals surface area contributed by atoms with Crippen molar-refractivity contribution in [1.29, 1.82) is 0 Å². The lowest BCUT2D eigenvalue weighted by atomic mass is 10.1. The average Bonchev–Trinajstić information content (AvgIpc) is 2.72. The fraction of sp³-hybridized carbons (Fsp3) is 0.375. The van der Waals surface area contributed by atoms with Crippen molar-refractivity contribution in [3.8, 4) is 5.75 Å². The third-order valence-electron chi connectivity index (χ3n) is 3.16. The van der Waals surface area contributed by atoms with Gasteiger partial charge in [0, 0.05) is 10.6 Å². The van der Waals surface area contributed by atoms with Crippen molar-refractivity contribution < 1.29 is 9.15 Å². The van der Waals surface area contributed by atoms with Crippen LogP contribution in [0.1, 0.15) is 37.0 Å². The summed E-state index contributed by atoms with van der Waals surface area (Å²) >= 11 is 6.07. The minimum atomic E-state index is 0.116. The van der Waals surface area contributed by atoms with Crippen LogP contribution in [-0.2, 0) is 0 Å². The molecule has 0 spiro atoms. The molecule has 0 saturated heterocycles. The summed E-state index contributed by atoms with van der Waals surface area (Å²) in [5, 5.41) is 4.12. The van der Waals surface area contributed by atoms with Gasteiger partial charge in [-0.05, 0) is 52.0 Å². The van der Waals surface area contributed by atoms with Crippen molar-refractivity contribution >= 4 is 17.3 Å². The Hall–Kier alpha value is -1.61. The summed E-state index contributed by atoms with van der Waals surface area (Å²) in [4.78, 5) is 0. The van der Waals surface area contributed by atoms with E-state index in [0.717, 1.165) is 28.5 Å². The molecule has 1 unspecified atom stereocenters. The van der Waals surface area contributed by atoms with Crippen molar-refractivity contribution in [2.24, 2.45) is 0 Å². The second kappa shape index (κ2) is 6.23. The van der Waals surface area contributed by atoms with Crippen LogP contribution in [-0.4, -0.2) is 6.61 Å². The molecular weight excluding hydrogens is 274 g/mol. The average molecular weight is 294 g/mol. The molecule has 0 saturated carbocycles. The molecule has 108 valence electrons. The van der Waals surface area contributed by atoms with Gasteiger partial charge in [-0.15, -0.1) is 0 Å². The summed E-state index contributed by atoms with van der Waals surface area (Å²) in [6.45, 7) is 8.60. The molecule has 2 aromatic rings. The van der Waals surface area contributed by atoms with Crippen LogP contribution >= 0.6 is 11.6 Å². The van der Waals surface area contributed by atoms with Crippen molar-refractivity contribution in [2.45, 2.75) is 33.7 Å². The van der Waals surface area contributed by atoms with Crippen LogP contribution in [0, 0.1) is 13.8 Å². The minimum Gasteiger partial charge on any atom is -0.492 e. The Morgan fingerprint density at radius 3 is 2.65 bits per heavy atom. The van der Waals surface area contributed by atoms with Gasteiger partial charge in [0.1, 0.15) is 17.3 Å². The number of aryl methyl sites for hydroxylation is 2. The Morgan fingerprint density at radius 2 is 2.05 bits per heavy atom. The topological polar surface area (TPSA) is 34.4 Å². The molecule has 0 fully saturated rings. The van der Waals surface area contributed by atoms with Gasteiger partial charge in [0.15, 0.2) is 0 Å². The van der Waals surface area contributed by atoms with Crippen molar-refractivity contribution in [2.75, 3.05) is 11.9 Å². The van der Waals surface area contributed by atoms with Crippen molar-refractivity contribution in [1.82, 2.24) is 0 Å². The van der Waals surface area contributed by atoms with Gasteiger partial charge in [-0.25, -0.2) is 0 Å². The molecule has 1 aromatic heterocycles. The van der Waals surface area contributed by atoms with E-state index in [4.69, 9.17) is 20.8 Å². The van der Waals surface area contributed by atoms with Crippen LogP contribution in [0.2, 0.25) is 5.02 Å². The molecule has 0 radical (unpaired) electrons. The standard InChI is InChI=1S/C16H20ClNO2/c1-5-19-16-7-6-13(17)9-15(16)18-11(3)14-8-10(2)20-12(14)4/h6-9,11,18H,5H2,1-4H3. The van der Waals surface area contributed by atoms with Crippen LogP contribution in [0.5, 0.6) is 5.75 Å². The Morgan fingerprint density at radius 1 is 1.30 bits per heavy atom. The number of halogens is 1. The van der Waals surface area contributed by atoms with Crippen molar-refractivity contribution in [3.63, 3.8) is 0 Å². The molecule has 3 nitrogen and oxygen atoms in total. The fourth-order valence-electron chi connectivity index (χ4n) is 2.29. The minimum absolute atomic E-state index is 0.116. The Kier molecular flexibility index (Phi) is 4.61. The Labute approximate surface area is 124 Å². The molecule has 1 heterocycles. The van der Waals surface area contributed by atoms with Gasteiger partial charge in [-0.3, -0.25) is 0 Å². The zero-order valence-electron chi connectivity index (χ0n) is 12.3. The van der Waals surface area contributed by atoms with Crippen LogP contribution < -0.4 is 10.1 Å². The highest BCUT2D eigenvalue weighted by molar-refractivity contribution is 6.30. The predicted molar refractivity (Wildman–Crippen MR) is 82.8 cm³/mol. The number of nitrogens with one attached hydrogen (secondary N) is 1. The highest BCUT2D eigenvalue weighted by atomic mass is 35.5. The van der Waals surface area contributed by atoms with Gasteiger partial charge in [0.2, 0.25) is 0 Å². The van der Waals surface area contributed by atoms with Crippen LogP contribution in [0.15, 0.2) is 28.7 Å². The van der Waals surface area contributed by atoms with E-state index in [0.29, 0.717) is 11.6 Å². The zero-order valence-corrected chi connectivity index (χ0v) is 13.0. The van der Waals surface area contributed by atoms with Crippen LogP contribution in [0.3, 0.4) is 0 Å². The fourth-order valence-corrected chi connectivity index (χ4v) is 2.46. The van der Waals surface area contributed by atoms with E-state index in [1.807, 2.05) is 39.0 Å². The first kappa shape index (κ1) is 14.8. The van der Waals surface area contributed by atoms with E-state index in [9.17, 15) is 0 Å². The number of benzene rings is 1. The molecule has 4 heteroatoms. The lowest BCUT2D eigenvalue weighted by molar-refractivity contribution is 0.341. The largest absolute Gasteiger partial charge is 0.492 e. The molecule has 0 aliphatic rings. The molecule has 0 aliphatic carbocycles. The summed E-state index contributed by atoms with van der Waals surface area (Å²) < 4.78 is 11.2. The van der Waals surface area contributed by atoms with E-state index < -0.39 is 0 Å². The van der Waals surface area contributed by atoms with Gasteiger partial charge in [-0.1, -0.05) is 11.6 Å². The molecule has 1 aromatic carbocycles. The molecule has 0 amide bonds. The number of anilines is 1. The third-order valence-corrected chi connectivity index (χ3v) is 3.39. The van der Waals surface area contributed by atoms with Gasteiger partial charge in [0.25, 0.3) is 0 Å². The quantitative estimate of drug-likeness (QED) is 0.830. The summed E-state index contributed by atoms with van der Waals surface area (Å²) in [6, 6.07) is 7.76. The molecular formula is C16H20ClNO2. The normalized spacial score (nSPS) is 12.2. The van der Waals surface area contributed by atoms with E-state index in [1.165, 1.54) is 0 Å². The number of ether oxygens (including phenoxy) is 1. The lowest BCUT2D eigenvalue weighted by Crippen LogP contribution is -2.08. The lowest BCUT2D eigenvalue weighted by Gasteiger charge is -2.18. The van der Waals surface area contributed by atoms with E-state index in [-0.39, 0.29) is 6.04 Å². The summed E-state index contributed by atoms with van der Waals surface area (Å²) in [7, 11) is 0. The highest BCUT2D eigenvalue weighted by Gasteiger charge is 2.14. The predicted octanol–water partition coefficient (Wildman–Crippen LogP) is 5.12. The van der Waals surface area contributed by atoms with Crippen molar-refractivity contribution in [3.05, 3.63) is 46.4 Å². The molecule has 2 rings (SSSR count). The maximum absolute atomic E-state index is 6.07. The zero-order chi connectivity index (χ0) is 14.7. The van der Waals surface area contributed by atoms with Gasteiger partial charge >= 0.3 is 0 Å². The van der Waals surface area contributed by atoms with Gasteiger partial charge < -0.3 is 14.5 Å². The smallest absolute Gasteiger partial charge is 0.142 e. The maximum atomic E-state index is 6.07. The van der Waals surface area contributed by atoms with E-state index >= 15 is 0 Å². The molecule has 1 atom stereocenters. The molecule has 0 aliphatic heterocycles. The van der Waals surface area contributed by atoms with Gasteiger partial charge in [0.05, 0.1) is 18.3 Å². The SMILES string of the molecule is CCOc1ccc(Cl)cc1NC(C)c1cc(C)oc1C. The van der Waals surface area contributed by atoms with Crippen LogP contribution in [0.25, 0.3) is 0 Å². The second-order valence-electron chi connectivity index (χ2n) is 4.81. The summed E-state index contributed by atoms with van der Waals surface area (Å²) in [5.74, 6) is 2.66. The molecule has 1 N–H and O–H groups in total. The maximum Gasteiger partial charge on any atom is 0.142 e. The van der Waals surface area contributed by atoms with Crippen LogP contribution in [0.4, 0.5) is 5.69 Å². The first-order valence-electron chi connectivity index (χ1n) is 6.77. The number of hydrogen-bond donors (Lipinski definition) is 1. The summed E-state index contributed by atoms with van der Waals surface area (Å²) in [5.41, 5.74) is 2.04. The first-order valence-corrected chi connectivity index (χ1v) is 7.15. The van der Waals surface area contributed by atoms with E-state index in [2.05, 4.69) is 18.3 Å². The Balaban J connectivity index is 2.24. The Bertz CT molecular complexity index is 592. The highest BCUT2D eigenvalue weighted by Crippen LogP contribution is 2.32. The molecule has 0 bridgehead atoms. The van der Waals surface area contributed by atoms with E-state index in [1.54, 1.807) is 0 Å². The molecule has 20 heavy (non-hydrogen) atoms. The second-order valence-corrected chi connectivity index (χ2v) is 5.24. The number of furan rings is 1. The number of rotatable bonds is 5. The monoisotopic (exact) mass is 293 g/mol. The third kappa shape index (κ3) is 3.28. The summed E-state index contributed by atoms with van der Waals surface area (Å²) in [6.07, 6.45) is 0. The first-order chi connectivity index (χ1) is 9.51.